The lowest BCUT2D eigenvalue weighted by molar-refractivity contribution is 0.296. The van der Waals surface area contributed by atoms with Crippen LogP contribution in [0.1, 0.15) is 90.5 Å². The zero-order valence-corrected chi connectivity index (χ0v) is 50.9. The van der Waals surface area contributed by atoms with Crippen molar-refractivity contribution in [3.63, 3.8) is 0 Å². The average molecular weight is 1150 g/mol. The molecule has 0 spiro atoms. The van der Waals surface area contributed by atoms with Gasteiger partial charge in [0.15, 0.2) is 23.0 Å². The monoisotopic (exact) mass is 1150 g/mol. The maximum atomic E-state index is 8.43. The third-order valence-corrected chi connectivity index (χ3v) is 17.7. The van der Waals surface area contributed by atoms with E-state index in [1.807, 2.05) is 30.3 Å². The van der Waals surface area contributed by atoms with Crippen LogP contribution >= 0.6 is 11.6 Å². The van der Waals surface area contributed by atoms with Gasteiger partial charge in [-0.3, -0.25) is 0 Å². The molecule has 0 unspecified atom stereocenters. The molecular weight excluding hydrogens is 1080 g/mol. The van der Waals surface area contributed by atoms with Crippen molar-refractivity contribution in [2.45, 2.75) is 84.5 Å². The van der Waals surface area contributed by atoms with Crippen LogP contribution in [0.3, 0.4) is 0 Å². The summed E-state index contributed by atoms with van der Waals surface area (Å²) in [6.07, 6.45) is 1.55. The van der Waals surface area contributed by atoms with Crippen LogP contribution in [-0.2, 0) is 16.2 Å². The molecule has 0 N–H and O–H groups in total. The van der Waals surface area contributed by atoms with E-state index in [9.17, 15) is 0 Å². The Bertz CT molecular complexity index is 4250. The Labute approximate surface area is 509 Å². The molecule has 86 heavy (non-hydrogen) atoms. The summed E-state index contributed by atoms with van der Waals surface area (Å²) in [6, 6.07) is 74.3. The fourth-order valence-electron chi connectivity index (χ4n) is 12.6. The molecule has 0 radical (unpaired) electrons. The second-order valence-electron chi connectivity index (χ2n) is 25.6. The summed E-state index contributed by atoms with van der Waals surface area (Å²) in [5, 5.41) is 3.77. The summed E-state index contributed by atoms with van der Waals surface area (Å²) in [5.74, 6) is 3.55. The highest BCUT2D eigenvalue weighted by molar-refractivity contribution is 6.37. The fourth-order valence-corrected chi connectivity index (χ4v) is 12.9. The minimum atomic E-state index is -0.277. The van der Waals surface area contributed by atoms with Gasteiger partial charge >= 0.3 is 0 Å². The number of hydrogen-bond donors (Lipinski definition) is 0. The first-order valence-corrected chi connectivity index (χ1v) is 30.4. The number of anilines is 9. The second kappa shape index (κ2) is 21.4. The minimum absolute atomic E-state index is 0.0740. The van der Waals surface area contributed by atoms with Crippen molar-refractivity contribution in [3.05, 3.63) is 234 Å². The number of furan rings is 1. The van der Waals surface area contributed by atoms with Crippen molar-refractivity contribution in [1.82, 2.24) is 0 Å². The minimum Gasteiger partial charge on any atom is -0.490 e. The molecule has 0 bridgehead atoms. The number of rotatable bonds is 10. The number of halogens is 1. The molecule has 430 valence electrons. The third kappa shape index (κ3) is 10.0. The highest BCUT2D eigenvalue weighted by Gasteiger charge is 2.37. The van der Waals surface area contributed by atoms with E-state index >= 15 is 0 Å². The smallest absolute Gasteiger partial charge is 0.163 e. The van der Waals surface area contributed by atoms with Crippen LogP contribution in [0.15, 0.2) is 211 Å². The Morgan fingerprint density at radius 3 is 1.47 bits per heavy atom. The van der Waals surface area contributed by atoms with Crippen LogP contribution in [0, 0.1) is 0 Å². The number of ether oxygens (including phenoxy) is 4. The SMILES string of the molecule is CC(C)(C)c1ccc(N(c2ccc(C(C)(C)C)cc2)c2cc(N(c3ccc4c(c3)C(C)(C)c3ccccc3-4)c3ccc4cc(-c5cc6ccccc6o5)ccc4c3)cc(N(c3ccc4c(c3)OCCCO4)c3ccc4c(c3)OCCCO4)c2Cl)cc1. The number of nitrogens with zero attached hydrogens (tertiary/aromatic N) is 3. The van der Waals surface area contributed by atoms with Crippen LogP contribution in [0.5, 0.6) is 23.0 Å². The second-order valence-corrected chi connectivity index (χ2v) is 25.9. The lowest BCUT2D eigenvalue weighted by atomic mass is 9.82. The first-order valence-electron chi connectivity index (χ1n) is 30.1. The molecule has 3 aliphatic rings. The predicted octanol–water partition coefficient (Wildman–Crippen LogP) is 21.5. The average Bonchev–Trinajstić information content (AvgIpc) is 2.22. The van der Waals surface area contributed by atoms with Gasteiger partial charge < -0.3 is 38.1 Å². The number of hydrogen-bond acceptors (Lipinski definition) is 8. The lowest BCUT2D eigenvalue weighted by Gasteiger charge is -2.35. The Balaban J connectivity index is 1.05. The van der Waals surface area contributed by atoms with Crippen molar-refractivity contribution < 1.29 is 23.4 Å². The highest BCUT2D eigenvalue weighted by Crippen LogP contribution is 2.55. The third-order valence-electron chi connectivity index (χ3n) is 17.3. The van der Waals surface area contributed by atoms with Gasteiger partial charge in [-0.15, -0.1) is 0 Å². The van der Waals surface area contributed by atoms with E-state index in [1.165, 1.54) is 33.4 Å². The molecule has 0 saturated carbocycles. The summed E-state index contributed by atoms with van der Waals surface area (Å²) in [6.45, 7) is 20.4. The molecule has 0 saturated heterocycles. The first kappa shape index (κ1) is 54.8. The van der Waals surface area contributed by atoms with Crippen molar-refractivity contribution in [2.24, 2.45) is 0 Å². The van der Waals surface area contributed by atoms with Crippen LogP contribution in [-0.4, -0.2) is 26.4 Å². The van der Waals surface area contributed by atoms with E-state index in [0.717, 1.165) is 97.1 Å². The van der Waals surface area contributed by atoms with Crippen LogP contribution in [0.4, 0.5) is 51.2 Å². The molecule has 0 fully saturated rings. The van der Waals surface area contributed by atoms with Crippen LogP contribution in [0.2, 0.25) is 5.02 Å². The van der Waals surface area contributed by atoms with Gasteiger partial charge in [0.1, 0.15) is 11.3 Å². The van der Waals surface area contributed by atoms with Crippen molar-refractivity contribution in [3.8, 4) is 45.4 Å². The van der Waals surface area contributed by atoms with E-state index in [2.05, 4.69) is 246 Å². The van der Waals surface area contributed by atoms with Crippen molar-refractivity contribution in [1.29, 1.82) is 0 Å². The Morgan fingerprint density at radius 2 is 0.860 bits per heavy atom. The zero-order valence-electron chi connectivity index (χ0n) is 50.1. The van der Waals surface area contributed by atoms with E-state index in [-0.39, 0.29) is 16.2 Å². The molecule has 9 heteroatoms. The number of para-hydroxylation sites is 1. The molecular formula is C77H70ClN3O5. The fraction of sp³-hybridized carbons (Fsp3) is 0.221. The maximum Gasteiger partial charge on any atom is 0.163 e. The molecule has 3 heterocycles. The molecule has 0 atom stereocenters. The molecule has 1 aliphatic carbocycles. The van der Waals surface area contributed by atoms with Gasteiger partial charge in [0.25, 0.3) is 0 Å². The topological polar surface area (TPSA) is 59.8 Å². The molecule has 1 aromatic heterocycles. The maximum absolute atomic E-state index is 8.43. The Hall–Kier alpha value is -9.11. The highest BCUT2D eigenvalue weighted by atomic mass is 35.5. The van der Waals surface area contributed by atoms with E-state index in [4.69, 9.17) is 35.0 Å². The summed E-state index contributed by atoms with van der Waals surface area (Å²) >= 11 is 8.43. The molecule has 10 aromatic carbocycles. The molecule has 2 aliphatic heterocycles. The lowest BCUT2D eigenvalue weighted by Crippen LogP contribution is -2.19. The quantitative estimate of drug-likeness (QED) is 0.134. The van der Waals surface area contributed by atoms with Crippen LogP contribution in [0.25, 0.3) is 44.2 Å². The Morgan fingerprint density at radius 1 is 0.384 bits per heavy atom. The standard InChI is InChI=1S/C77H70ClN3O5/c1-75(2,3)53-22-27-55(28-23-53)80(56-29-24-54(25-30-56)76(4,5)6)66-45-61(46-67(74(66)78)81(59-32-35-69-72(47-59)84-39-13-37-82-69)60-33-36-70-73(48-60)85-40-14-38-83-70)79(58-31-34-63-62-16-10-11-17-64(62)77(7,8)65(63)44-58)57-26-21-49-41-52(20-19-50(49)42-57)71-43-51-15-9-12-18-68(51)86-71/h9-12,15-36,41-48H,13-14,37-40H2,1-8H3. The number of fused-ring (bicyclic) bond motifs is 7. The largest absolute Gasteiger partial charge is 0.490 e. The van der Waals surface area contributed by atoms with Gasteiger partial charge in [-0.1, -0.05) is 158 Å². The van der Waals surface area contributed by atoms with Gasteiger partial charge in [-0.25, -0.2) is 0 Å². The van der Waals surface area contributed by atoms with Gasteiger partial charge in [-0.2, -0.15) is 0 Å². The normalized spacial score (nSPS) is 14.3. The van der Waals surface area contributed by atoms with E-state index in [0.29, 0.717) is 54.4 Å². The van der Waals surface area contributed by atoms with Crippen molar-refractivity contribution >= 4 is 84.5 Å². The van der Waals surface area contributed by atoms with Gasteiger partial charge in [0, 0.05) is 64.1 Å². The first-order chi connectivity index (χ1) is 41.5. The number of benzene rings is 10. The molecule has 14 rings (SSSR count). The van der Waals surface area contributed by atoms with Gasteiger partial charge in [-0.05, 0) is 158 Å². The molecule has 8 nitrogen and oxygen atoms in total. The zero-order chi connectivity index (χ0) is 59.1. The van der Waals surface area contributed by atoms with Gasteiger partial charge in [0.2, 0.25) is 0 Å². The summed E-state index contributed by atoms with van der Waals surface area (Å²) in [5.41, 5.74) is 16.9. The molecule has 0 amide bonds. The predicted molar refractivity (Wildman–Crippen MR) is 354 cm³/mol. The van der Waals surface area contributed by atoms with Gasteiger partial charge in [0.05, 0.1) is 59.9 Å². The summed E-state index contributed by atoms with van der Waals surface area (Å²) in [7, 11) is 0. The van der Waals surface area contributed by atoms with E-state index in [1.54, 1.807) is 0 Å². The Kier molecular flexibility index (Phi) is 13.7. The van der Waals surface area contributed by atoms with Crippen LogP contribution < -0.4 is 33.6 Å². The van der Waals surface area contributed by atoms with E-state index < -0.39 is 0 Å². The van der Waals surface area contributed by atoms with Crippen molar-refractivity contribution in [2.75, 3.05) is 41.1 Å². The molecule has 11 aromatic rings. The summed E-state index contributed by atoms with van der Waals surface area (Å²) < 4.78 is 31.9. The summed E-state index contributed by atoms with van der Waals surface area (Å²) in [4.78, 5) is 6.94.